The van der Waals surface area contributed by atoms with Crippen LogP contribution in [0.1, 0.15) is 58.5 Å². The first kappa shape index (κ1) is 25.5. The second-order valence-corrected chi connectivity index (χ2v) is 12.9. The molecule has 7 heteroatoms. The van der Waals surface area contributed by atoms with Crippen molar-refractivity contribution in [2.45, 2.75) is 38.8 Å². The van der Waals surface area contributed by atoms with E-state index in [1.807, 2.05) is 56.0 Å². The van der Waals surface area contributed by atoms with E-state index in [2.05, 4.69) is 15.9 Å². The van der Waals surface area contributed by atoms with Crippen LogP contribution in [0.2, 0.25) is 10.0 Å². The van der Waals surface area contributed by atoms with E-state index < -0.39 is 28.8 Å². The van der Waals surface area contributed by atoms with Crippen LogP contribution in [0.15, 0.2) is 71.2 Å². The summed E-state index contributed by atoms with van der Waals surface area (Å²) >= 11 is 16.6. The number of ketones is 3. The molecule has 38 heavy (non-hydrogen) atoms. The molecule has 192 valence electrons. The fraction of sp³-hybridized carbons (Fsp3) is 0.258. The zero-order chi connectivity index (χ0) is 27.1. The molecule has 1 fully saturated rings. The van der Waals surface area contributed by atoms with E-state index >= 15 is 0 Å². The SMILES string of the molecule is CC(C)(C)C(=O)[C@H]1[C@H](c2ccc(Cl)cc2Cl)C2(C(=O)c3ccccc3C2=O)[C@@H]2C=Cc3cc(Br)ccc3N21. The van der Waals surface area contributed by atoms with Crippen LogP contribution in [0.5, 0.6) is 0 Å². The van der Waals surface area contributed by atoms with Gasteiger partial charge in [-0.1, -0.05) is 102 Å². The smallest absolute Gasteiger partial charge is 0.180 e. The lowest BCUT2D eigenvalue weighted by molar-refractivity contribution is -0.127. The van der Waals surface area contributed by atoms with Crippen LogP contribution in [0.4, 0.5) is 5.69 Å². The minimum Gasteiger partial charge on any atom is -0.352 e. The summed E-state index contributed by atoms with van der Waals surface area (Å²) in [6.07, 6.45) is 3.85. The van der Waals surface area contributed by atoms with Crippen molar-refractivity contribution in [3.8, 4) is 0 Å². The summed E-state index contributed by atoms with van der Waals surface area (Å²) in [6, 6.07) is 16.3. The molecule has 3 aromatic rings. The number of rotatable bonds is 2. The van der Waals surface area contributed by atoms with E-state index in [0.29, 0.717) is 26.7 Å². The molecule has 0 bridgehead atoms. The van der Waals surface area contributed by atoms with E-state index in [4.69, 9.17) is 23.2 Å². The van der Waals surface area contributed by atoms with Crippen LogP contribution in [-0.2, 0) is 4.79 Å². The minimum atomic E-state index is -1.58. The Bertz CT molecular complexity index is 1550. The standard InChI is InChI=1S/C31H24BrCl2NO3/c1-30(2,3)29(38)26-25(21-11-10-18(33)15-22(21)34)31(27(36)19-6-4-5-7-20(19)28(31)37)24-13-8-16-14-17(32)9-12-23(16)35(24)26/h4-15,24-26H,1-3H3/t24-,25-,26+/m0/s1. The van der Waals surface area contributed by atoms with Gasteiger partial charge in [0.2, 0.25) is 0 Å². The summed E-state index contributed by atoms with van der Waals surface area (Å²) in [6.45, 7) is 5.60. The molecule has 4 nitrogen and oxygen atoms in total. The third kappa shape index (κ3) is 3.38. The molecule has 1 saturated heterocycles. The summed E-state index contributed by atoms with van der Waals surface area (Å²) in [4.78, 5) is 45.5. The van der Waals surface area contributed by atoms with Crippen molar-refractivity contribution in [1.82, 2.24) is 0 Å². The van der Waals surface area contributed by atoms with E-state index in [1.54, 1.807) is 42.5 Å². The molecule has 0 aromatic heterocycles. The van der Waals surface area contributed by atoms with Gasteiger partial charge in [-0.2, -0.15) is 0 Å². The summed E-state index contributed by atoms with van der Waals surface area (Å²) in [5, 5.41) is 0.759. The molecule has 0 amide bonds. The molecule has 1 aliphatic carbocycles. The number of halogens is 3. The first-order valence-electron chi connectivity index (χ1n) is 12.4. The minimum absolute atomic E-state index is 0.0730. The molecular weight excluding hydrogens is 585 g/mol. The molecule has 0 N–H and O–H groups in total. The van der Waals surface area contributed by atoms with Gasteiger partial charge in [0.05, 0.1) is 12.1 Å². The lowest BCUT2D eigenvalue weighted by Crippen LogP contribution is -2.49. The van der Waals surface area contributed by atoms with Gasteiger partial charge >= 0.3 is 0 Å². The maximum atomic E-state index is 14.6. The highest BCUT2D eigenvalue weighted by atomic mass is 79.9. The number of Topliss-reactive ketones (excluding diaryl/α,β-unsaturated/α-hetero) is 3. The predicted octanol–water partition coefficient (Wildman–Crippen LogP) is 7.80. The Hall–Kier alpha value is -2.73. The second-order valence-electron chi connectivity index (χ2n) is 11.2. The van der Waals surface area contributed by atoms with Gasteiger partial charge < -0.3 is 4.90 Å². The molecule has 3 aromatic carbocycles. The Balaban J connectivity index is 1.72. The van der Waals surface area contributed by atoms with E-state index in [1.165, 1.54) is 0 Å². The lowest BCUT2D eigenvalue weighted by Gasteiger charge is -2.38. The highest BCUT2D eigenvalue weighted by Crippen LogP contribution is 2.62. The third-order valence-corrected chi connectivity index (χ3v) is 9.13. The molecule has 3 aliphatic rings. The highest BCUT2D eigenvalue weighted by molar-refractivity contribution is 9.10. The van der Waals surface area contributed by atoms with Crippen molar-refractivity contribution >= 4 is 68.2 Å². The Labute approximate surface area is 239 Å². The van der Waals surface area contributed by atoms with Crippen LogP contribution in [0, 0.1) is 10.8 Å². The van der Waals surface area contributed by atoms with Crippen molar-refractivity contribution in [2.75, 3.05) is 4.90 Å². The largest absolute Gasteiger partial charge is 0.352 e. The van der Waals surface area contributed by atoms with Crippen LogP contribution in [0.25, 0.3) is 6.08 Å². The molecule has 0 radical (unpaired) electrons. The number of carbonyl (C=O) groups is 3. The molecule has 2 aliphatic heterocycles. The average Bonchev–Trinajstić information content (AvgIpc) is 3.29. The number of hydrogen-bond acceptors (Lipinski definition) is 4. The lowest BCUT2D eigenvalue weighted by atomic mass is 9.63. The number of fused-ring (bicyclic) bond motifs is 5. The number of hydrogen-bond donors (Lipinski definition) is 0. The highest BCUT2D eigenvalue weighted by Gasteiger charge is 2.72. The van der Waals surface area contributed by atoms with E-state index in [9.17, 15) is 14.4 Å². The number of benzene rings is 3. The molecule has 6 rings (SSSR count). The number of carbonyl (C=O) groups excluding carboxylic acids is 3. The number of anilines is 1. The molecule has 2 heterocycles. The monoisotopic (exact) mass is 607 g/mol. The van der Waals surface area contributed by atoms with Crippen LogP contribution < -0.4 is 4.90 Å². The van der Waals surface area contributed by atoms with Gasteiger partial charge in [-0.05, 0) is 41.5 Å². The molecule has 0 saturated carbocycles. The van der Waals surface area contributed by atoms with E-state index in [0.717, 1.165) is 15.7 Å². The van der Waals surface area contributed by atoms with Gasteiger partial charge in [0.1, 0.15) is 5.41 Å². The average molecular weight is 609 g/mol. The van der Waals surface area contributed by atoms with Gasteiger partial charge in [-0.3, -0.25) is 14.4 Å². The van der Waals surface area contributed by atoms with Gasteiger partial charge in [0.25, 0.3) is 0 Å². The Kier molecular flexibility index (Phi) is 5.81. The Morgan fingerprint density at radius 1 is 0.947 bits per heavy atom. The van der Waals surface area contributed by atoms with Crippen LogP contribution >= 0.6 is 39.1 Å². The molecule has 0 unspecified atom stereocenters. The molecule has 1 spiro atoms. The van der Waals surface area contributed by atoms with Crippen molar-refractivity contribution in [1.29, 1.82) is 0 Å². The maximum absolute atomic E-state index is 14.6. The Morgan fingerprint density at radius 3 is 2.21 bits per heavy atom. The van der Waals surface area contributed by atoms with Crippen molar-refractivity contribution in [2.24, 2.45) is 10.8 Å². The van der Waals surface area contributed by atoms with Crippen LogP contribution in [-0.4, -0.2) is 29.4 Å². The first-order valence-corrected chi connectivity index (χ1v) is 14.0. The summed E-state index contributed by atoms with van der Waals surface area (Å²) in [5.74, 6) is -1.47. The zero-order valence-electron chi connectivity index (χ0n) is 21.0. The maximum Gasteiger partial charge on any atom is 0.180 e. The molecule has 3 atom stereocenters. The summed E-state index contributed by atoms with van der Waals surface area (Å²) in [5.41, 5.74) is 0.690. The van der Waals surface area contributed by atoms with Crippen molar-refractivity contribution in [3.63, 3.8) is 0 Å². The first-order chi connectivity index (χ1) is 18.0. The van der Waals surface area contributed by atoms with Crippen molar-refractivity contribution in [3.05, 3.63) is 104 Å². The Morgan fingerprint density at radius 2 is 1.61 bits per heavy atom. The second kappa shape index (κ2) is 8.64. The van der Waals surface area contributed by atoms with Gasteiger partial charge in [0.15, 0.2) is 17.3 Å². The zero-order valence-corrected chi connectivity index (χ0v) is 24.1. The fourth-order valence-electron chi connectivity index (χ4n) is 6.49. The topological polar surface area (TPSA) is 54.5 Å². The normalized spacial score (nSPS) is 23.0. The van der Waals surface area contributed by atoms with E-state index in [-0.39, 0.29) is 17.3 Å². The van der Waals surface area contributed by atoms with Crippen LogP contribution in [0.3, 0.4) is 0 Å². The van der Waals surface area contributed by atoms with Crippen molar-refractivity contribution < 1.29 is 14.4 Å². The predicted molar refractivity (Wildman–Crippen MR) is 154 cm³/mol. The van der Waals surface area contributed by atoms with Gasteiger partial charge in [-0.15, -0.1) is 0 Å². The summed E-state index contributed by atoms with van der Waals surface area (Å²) in [7, 11) is 0. The fourth-order valence-corrected chi connectivity index (χ4v) is 7.39. The molecular formula is C31H24BrCl2NO3. The van der Waals surface area contributed by atoms with Gasteiger partial charge in [0, 0.05) is 42.7 Å². The quantitative estimate of drug-likeness (QED) is 0.279. The number of nitrogens with zero attached hydrogens (tertiary/aromatic N) is 1. The summed E-state index contributed by atoms with van der Waals surface area (Å²) < 4.78 is 0.893. The third-order valence-electron chi connectivity index (χ3n) is 8.07. The van der Waals surface area contributed by atoms with Gasteiger partial charge in [-0.25, -0.2) is 0 Å².